The van der Waals surface area contributed by atoms with Crippen LogP contribution >= 0.6 is 11.3 Å². The number of pyridine rings is 1. The highest BCUT2D eigenvalue weighted by molar-refractivity contribution is 7.11. The summed E-state index contributed by atoms with van der Waals surface area (Å²) in [5.74, 6) is 0.428. The van der Waals surface area contributed by atoms with Gasteiger partial charge in [0.25, 0.3) is 0 Å². The molecule has 0 radical (unpaired) electrons. The van der Waals surface area contributed by atoms with Gasteiger partial charge in [0.1, 0.15) is 5.75 Å². The van der Waals surface area contributed by atoms with E-state index in [1.165, 1.54) is 9.75 Å². The van der Waals surface area contributed by atoms with Crippen LogP contribution in [0.4, 0.5) is 0 Å². The van der Waals surface area contributed by atoms with Crippen molar-refractivity contribution in [3.8, 4) is 5.75 Å². The number of carboxylic acids is 1. The lowest BCUT2D eigenvalue weighted by Gasteiger charge is -2.38. The zero-order valence-corrected chi connectivity index (χ0v) is 21.5. The van der Waals surface area contributed by atoms with Crippen LogP contribution in [0.3, 0.4) is 0 Å². The summed E-state index contributed by atoms with van der Waals surface area (Å²) in [6.45, 7) is 4.97. The van der Waals surface area contributed by atoms with Crippen LogP contribution in [-0.2, 0) is 11.2 Å². The van der Waals surface area contributed by atoms with Crippen molar-refractivity contribution in [3.63, 3.8) is 0 Å². The second-order valence-electron chi connectivity index (χ2n) is 9.70. The van der Waals surface area contributed by atoms with E-state index < -0.39 is 12.1 Å². The van der Waals surface area contributed by atoms with Crippen molar-refractivity contribution in [2.45, 2.75) is 51.6 Å². The van der Waals surface area contributed by atoms with Crippen LogP contribution in [0.1, 0.15) is 53.5 Å². The van der Waals surface area contributed by atoms with Crippen LogP contribution in [0, 0.1) is 18.8 Å². The minimum Gasteiger partial charge on any atom is -0.497 e. The summed E-state index contributed by atoms with van der Waals surface area (Å²) in [7, 11) is 1.63. The smallest absolute Gasteiger partial charge is 0.303 e. The molecular formula is C28H36N2O4S. The maximum absolute atomic E-state index is 11.6. The maximum atomic E-state index is 11.6. The first kappa shape index (κ1) is 25.6. The number of carboxylic acid groups (broad SMARTS) is 1. The number of hydrogen-bond acceptors (Lipinski definition) is 6. The minimum atomic E-state index is -0.733. The van der Waals surface area contributed by atoms with Gasteiger partial charge in [-0.05, 0) is 106 Å². The molecule has 1 aliphatic rings. The Morgan fingerprint density at radius 3 is 2.86 bits per heavy atom. The fourth-order valence-electron chi connectivity index (χ4n) is 5.38. The summed E-state index contributed by atoms with van der Waals surface area (Å²) in [4.78, 5) is 21.2. The Balaban J connectivity index is 1.35. The van der Waals surface area contributed by atoms with Crippen LogP contribution in [0.15, 0.2) is 42.6 Å². The van der Waals surface area contributed by atoms with Crippen LogP contribution in [0.2, 0.25) is 0 Å². The molecule has 0 saturated carbocycles. The Bertz CT molecular complexity index is 1130. The first-order valence-electron chi connectivity index (χ1n) is 12.5. The van der Waals surface area contributed by atoms with E-state index in [4.69, 9.17) is 4.74 Å². The molecule has 3 atom stereocenters. The van der Waals surface area contributed by atoms with E-state index in [2.05, 4.69) is 28.9 Å². The number of rotatable bonds is 11. The number of aliphatic hydroxyl groups excluding tert-OH is 1. The molecule has 6 nitrogen and oxygen atoms in total. The number of aliphatic carboxylic acids is 1. The van der Waals surface area contributed by atoms with E-state index in [9.17, 15) is 15.0 Å². The number of ether oxygens (including phenoxy) is 1. The molecule has 2 aromatic heterocycles. The molecule has 2 N–H and O–H groups in total. The lowest BCUT2D eigenvalue weighted by Crippen LogP contribution is -2.42. The number of carbonyl (C=O) groups is 1. The predicted molar refractivity (Wildman–Crippen MR) is 140 cm³/mol. The summed E-state index contributed by atoms with van der Waals surface area (Å²) in [5.41, 5.74) is 1.68. The van der Waals surface area contributed by atoms with Gasteiger partial charge in [-0.2, -0.15) is 0 Å². The zero-order chi connectivity index (χ0) is 24.8. The van der Waals surface area contributed by atoms with Crippen LogP contribution in [-0.4, -0.2) is 52.8 Å². The van der Waals surface area contributed by atoms with Crippen LogP contribution < -0.4 is 4.74 Å². The van der Waals surface area contributed by atoms with Crippen molar-refractivity contribution in [2.24, 2.45) is 11.8 Å². The molecule has 35 heavy (non-hydrogen) atoms. The van der Waals surface area contributed by atoms with Gasteiger partial charge in [-0.25, -0.2) is 0 Å². The quantitative estimate of drug-likeness (QED) is 0.366. The second-order valence-corrected chi connectivity index (χ2v) is 11.1. The molecule has 7 heteroatoms. The van der Waals surface area contributed by atoms with Crippen LogP contribution in [0.25, 0.3) is 10.9 Å². The van der Waals surface area contributed by atoms with E-state index in [-0.39, 0.29) is 12.3 Å². The molecule has 188 valence electrons. The zero-order valence-electron chi connectivity index (χ0n) is 20.7. The molecule has 1 saturated heterocycles. The highest BCUT2D eigenvalue weighted by atomic mass is 32.1. The third-order valence-electron chi connectivity index (χ3n) is 7.26. The third kappa shape index (κ3) is 6.81. The number of aliphatic hydroxyl groups is 1. The standard InChI is InChI=1S/C28H36N2O4S/c1-19-5-8-23(35-19)4-3-14-30-15-12-20(21(18-30)16-28(32)33)6-10-27(31)24-11-13-29-26-9-7-22(34-2)17-25(24)26/h5,7-9,11,13,17,20-21,27,31H,3-4,6,10,12,14-16,18H2,1-2H3,(H,32,33)/t20-,21+,27-/m1/s1. The summed E-state index contributed by atoms with van der Waals surface area (Å²) in [5, 5.41) is 21.5. The summed E-state index contributed by atoms with van der Waals surface area (Å²) >= 11 is 1.86. The molecule has 1 aromatic carbocycles. The fraction of sp³-hybridized carbons (Fsp3) is 0.500. The van der Waals surface area contributed by atoms with Gasteiger partial charge < -0.3 is 19.8 Å². The molecule has 0 spiro atoms. The van der Waals surface area contributed by atoms with Crippen molar-refractivity contribution in [1.82, 2.24) is 9.88 Å². The number of methoxy groups -OCH3 is 1. The fourth-order valence-corrected chi connectivity index (χ4v) is 6.31. The van der Waals surface area contributed by atoms with E-state index in [1.54, 1.807) is 13.3 Å². The Morgan fingerprint density at radius 1 is 1.26 bits per heavy atom. The molecule has 0 bridgehead atoms. The maximum Gasteiger partial charge on any atom is 0.303 e. The lowest BCUT2D eigenvalue weighted by atomic mass is 9.79. The van der Waals surface area contributed by atoms with Crippen molar-refractivity contribution < 1.29 is 19.7 Å². The van der Waals surface area contributed by atoms with E-state index in [1.807, 2.05) is 35.6 Å². The number of benzene rings is 1. The largest absolute Gasteiger partial charge is 0.497 e. The number of aryl methyl sites for hydroxylation is 2. The van der Waals surface area contributed by atoms with Gasteiger partial charge in [-0.3, -0.25) is 9.78 Å². The average Bonchev–Trinajstić information content (AvgIpc) is 3.27. The normalized spacial score (nSPS) is 19.6. The minimum absolute atomic E-state index is 0.117. The Labute approximate surface area is 211 Å². The highest BCUT2D eigenvalue weighted by Crippen LogP contribution is 2.35. The molecule has 4 rings (SSSR count). The van der Waals surface area contributed by atoms with Crippen molar-refractivity contribution in [3.05, 3.63) is 57.9 Å². The number of likely N-dealkylation sites (tertiary alicyclic amines) is 1. The van der Waals surface area contributed by atoms with Gasteiger partial charge >= 0.3 is 5.97 Å². The van der Waals surface area contributed by atoms with E-state index in [0.717, 1.165) is 67.5 Å². The Morgan fingerprint density at radius 2 is 2.11 bits per heavy atom. The molecule has 3 aromatic rings. The molecule has 0 unspecified atom stereocenters. The average molecular weight is 497 g/mol. The second kappa shape index (κ2) is 12.0. The number of piperidine rings is 1. The van der Waals surface area contributed by atoms with E-state index in [0.29, 0.717) is 12.3 Å². The topological polar surface area (TPSA) is 82.9 Å². The van der Waals surface area contributed by atoms with Crippen molar-refractivity contribution in [1.29, 1.82) is 0 Å². The van der Waals surface area contributed by atoms with Gasteiger partial charge in [0.15, 0.2) is 0 Å². The highest BCUT2D eigenvalue weighted by Gasteiger charge is 2.31. The number of nitrogens with zero attached hydrogens (tertiary/aromatic N) is 2. The van der Waals surface area contributed by atoms with Gasteiger partial charge in [0, 0.05) is 34.3 Å². The van der Waals surface area contributed by atoms with Gasteiger partial charge in [0.05, 0.1) is 18.7 Å². The third-order valence-corrected chi connectivity index (χ3v) is 8.32. The molecule has 1 aliphatic heterocycles. The molecule has 1 fully saturated rings. The number of aromatic nitrogens is 1. The first-order valence-corrected chi connectivity index (χ1v) is 13.3. The number of thiophene rings is 1. The van der Waals surface area contributed by atoms with Crippen molar-refractivity contribution in [2.75, 3.05) is 26.7 Å². The molecule has 3 heterocycles. The molecule has 0 aliphatic carbocycles. The van der Waals surface area contributed by atoms with Gasteiger partial charge in [-0.15, -0.1) is 11.3 Å². The predicted octanol–water partition coefficient (Wildman–Crippen LogP) is 5.47. The summed E-state index contributed by atoms with van der Waals surface area (Å²) in [6, 6.07) is 12.0. The SMILES string of the molecule is COc1ccc2nccc([C@H](O)CC[C@@H]3CCN(CCCc4ccc(C)s4)C[C@@H]3CC(=O)O)c2c1. The number of fused-ring (bicyclic) bond motifs is 1. The number of hydrogen-bond donors (Lipinski definition) is 2. The first-order chi connectivity index (χ1) is 16.9. The van der Waals surface area contributed by atoms with Crippen LogP contribution in [0.5, 0.6) is 5.75 Å². The molecular weight excluding hydrogens is 460 g/mol. The summed E-state index contributed by atoms with van der Waals surface area (Å²) < 4.78 is 5.36. The monoisotopic (exact) mass is 496 g/mol. The van der Waals surface area contributed by atoms with Crippen molar-refractivity contribution >= 4 is 28.2 Å². The Kier molecular flexibility index (Phi) is 8.76. The molecule has 0 amide bonds. The van der Waals surface area contributed by atoms with E-state index >= 15 is 0 Å². The lowest BCUT2D eigenvalue weighted by molar-refractivity contribution is -0.139. The van der Waals surface area contributed by atoms with Gasteiger partial charge in [-0.1, -0.05) is 0 Å². The summed E-state index contributed by atoms with van der Waals surface area (Å²) in [6.07, 6.45) is 5.89. The Hall–Kier alpha value is -2.48. The van der Waals surface area contributed by atoms with Gasteiger partial charge in [0.2, 0.25) is 0 Å².